The van der Waals surface area contributed by atoms with E-state index < -0.39 is 17.7 Å². The topological polar surface area (TPSA) is 96.8 Å². The normalized spacial score (nSPS) is 15.2. The molecule has 8 nitrogen and oxygen atoms in total. The number of carboxylic acids is 1. The molecule has 0 amide bonds. The van der Waals surface area contributed by atoms with Gasteiger partial charge >= 0.3 is 5.97 Å². The third-order valence-electron chi connectivity index (χ3n) is 8.69. The van der Waals surface area contributed by atoms with Crippen LogP contribution in [0.15, 0.2) is 73.1 Å². The molecule has 0 unspecified atom stereocenters. The molecule has 5 rings (SSSR count). The summed E-state index contributed by atoms with van der Waals surface area (Å²) in [6.07, 6.45) is 4.91. The average Bonchev–Trinajstić information content (AvgIpc) is 3.04. The summed E-state index contributed by atoms with van der Waals surface area (Å²) in [6.45, 7) is 14.5. The maximum absolute atomic E-state index is 13.3. The van der Waals surface area contributed by atoms with Gasteiger partial charge in [0, 0.05) is 55.3 Å². The molecular weight excluding hydrogens is 607 g/mol. The van der Waals surface area contributed by atoms with Crippen molar-refractivity contribution in [1.29, 1.82) is 0 Å². The third kappa shape index (κ3) is 8.89. The van der Waals surface area contributed by atoms with Gasteiger partial charge in [0.2, 0.25) is 0 Å². The van der Waals surface area contributed by atoms with Crippen LogP contribution in [-0.2, 0) is 22.5 Å². The van der Waals surface area contributed by atoms with Gasteiger partial charge in [-0.05, 0) is 93.0 Å². The molecule has 1 fully saturated rings. The number of nitrogens with zero attached hydrogens (tertiary/aromatic N) is 3. The number of hydrogen-bond donors (Lipinski definition) is 2. The largest absolute Gasteiger partial charge is 0.493 e. The Morgan fingerprint density at radius 2 is 1.73 bits per heavy atom. The average molecular weight is 655 g/mol. The first-order valence-corrected chi connectivity index (χ1v) is 16.6. The van der Waals surface area contributed by atoms with Crippen LogP contribution < -0.4 is 15.0 Å². The SMILES string of the molecule is Cc1nc(NCc2cccnc2)c(-c2ccc(OCCc3ccc(F)cc3)cc2)c(N2CCC(C)(C)CC2)c1[C@H](OC(C)(C)C)C(=O)O. The molecule has 2 aromatic carbocycles. The molecule has 0 radical (unpaired) electrons. The molecule has 1 aliphatic rings. The number of benzene rings is 2. The van der Waals surface area contributed by atoms with E-state index in [-0.39, 0.29) is 11.2 Å². The summed E-state index contributed by atoms with van der Waals surface area (Å²) in [5.41, 5.74) is 5.16. The number of carboxylic acid groups (broad SMARTS) is 1. The summed E-state index contributed by atoms with van der Waals surface area (Å²) in [6, 6.07) is 18.2. The fourth-order valence-electron chi connectivity index (χ4n) is 6.01. The molecule has 2 aromatic heterocycles. The third-order valence-corrected chi connectivity index (χ3v) is 8.69. The highest BCUT2D eigenvalue weighted by atomic mass is 19.1. The van der Waals surface area contributed by atoms with Crippen molar-refractivity contribution in [2.24, 2.45) is 5.41 Å². The van der Waals surface area contributed by atoms with Crippen molar-refractivity contribution >= 4 is 17.5 Å². The van der Waals surface area contributed by atoms with Crippen molar-refractivity contribution < 1.29 is 23.8 Å². The molecular formula is C39H47FN4O4. The molecule has 1 aliphatic heterocycles. The van der Waals surface area contributed by atoms with Crippen LogP contribution in [0.25, 0.3) is 11.1 Å². The standard InChI is InChI=1S/C39H47FN4O4/c1-26-32(35(37(45)46)48-38(2,3)4)34(44-21-18-39(5,6)19-22-44)33(36(43-26)42-25-28-8-7-20-41-24-28)29-11-15-31(16-12-29)47-23-17-27-9-13-30(40)14-10-27/h7-16,20,24,35H,17-19,21-23,25H2,1-6H3,(H,42,43)(H,45,46)/t35-/m0/s1. The van der Waals surface area contributed by atoms with Crippen LogP contribution in [0, 0.1) is 18.2 Å². The number of carbonyl (C=O) groups is 1. The van der Waals surface area contributed by atoms with Crippen LogP contribution in [0.3, 0.4) is 0 Å². The maximum atomic E-state index is 13.3. The number of pyridine rings is 2. The lowest BCUT2D eigenvalue weighted by Gasteiger charge is -2.41. The van der Waals surface area contributed by atoms with Crippen LogP contribution in [0.4, 0.5) is 15.9 Å². The van der Waals surface area contributed by atoms with Gasteiger partial charge in [0.1, 0.15) is 17.4 Å². The lowest BCUT2D eigenvalue weighted by Crippen LogP contribution is -2.39. The van der Waals surface area contributed by atoms with E-state index in [0.717, 1.165) is 53.9 Å². The van der Waals surface area contributed by atoms with Crippen molar-refractivity contribution in [2.45, 2.75) is 79.1 Å². The van der Waals surface area contributed by atoms with Gasteiger partial charge in [-0.1, -0.05) is 44.2 Å². The van der Waals surface area contributed by atoms with Gasteiger partial charge in [0.15, 0.2) is 6.10 Å². The van der Waals surface area contributed by atoms with Crippen molar-refractivity contribution in [1.82, 2.24) is 9.97 Å². The van der Waals surface area contributed by atoms with E-state index in [0.29, 0.717) is 42.4 Å². The molecule has 0 spiro atoms. The highest BCUT2D eigenvalue weighted by Gasteiger charge is 2.37. The van der Waals surface area contributed by atoms with E-state index in [4.69, 9.17) is 14.5 Å². The maximum Gasteiger partial charge on any atom is 0.337 e. The Morgan fingerprint density at radius 1 is 1.04 bits per heavy atom. The number of rotatable bonds is 12. The molecule has 0 saturated carbocycles. The van der Waals surface area contributed by atoms with Gasteiger partial charge in [-0.2, -0.15) is 0 Å². The Hall–Kier alpha value is -4.50. The van der Waals surface area contributed by atoms with Gasteiger partial charge in [0.05, 0.1) is 17.9 Å². The van der Waals surface area contributed by atoms with Crippen LogP contribution in [0.2, 0.25) is 0 Å². The first-order chi connectivity index (χ1) is 22.8. The van der Waals surface area contributed by atoms with Crippen LogP contribution in [0.5, 0.6) is 5.75 Å². The van der Waals surface area contributed by atoms with Crippen molar-refractivity contribution in [2.75, 3.05) is 29.9 Å². The van der Waals surface area contributed by atoms with Crippen molar-refractivity contribution in [3.05, 3.63) is 101 Å². The fraction of sp³-hybridized carbons (Fsp3) is 0.410. The molecule has 1 saturated heterocycles. The molecule has 0 aliphatic carbocycles. The molecule has 254 valence electrons. The quantitative estimate of drug-likeness (QED) is 0.157. The van der Waals surface area contributed by atoms with Gasteiger partial charge < -0.3 is 24.8 Å². The summed E-state index contributed by atoms with van der Waals surface area (Å²) in [7, 11) is 0. The molecule has 4 aromatic rings. The zero-order chi connectivity index (χ0) is 34.5. The Bertz CT molecular complexity index is 1680. The molecule has 1 atom stereocenters. The Morgan fingerprint density at radius 3 is 2.33 bits per heavy atom. The van der Waals surface area contributed by atoms with Crippen LogP contribution in [0.1, 0.15) is 75.9 Å². The van der Waals surface area contributed by atoms with Gasteiger partial charge in [-0.15, -0.1) is 0 Å². The number of halogens is 1. The van der Waals surface area contributed by atoms with Gasteiger partial charge in [-0.25, -0.2) is 14.2 Å². The summed E-state index contributed by atoms with van der Waals surface area (Å²) in [5, 5.41) is 14.1. The lowest BCUT2D eigenvalue weighted by atomic mass is 9.82. The second-order valence-corrected chi connectivity index (χ2v) is 14.2. The van der Waals surface area contributed by atoms with Crippen LogP contribution >= 0.6 is 0 Å². The number of anilines is 2. The summed E-state index contributed by atoms with van der Waals surface area (Å²) < 4.78 is 25.6. The van der Waals surface area contributed by atoms with E-state index in [2.05, 4.69) is 29.0 Å². The lowest BCUT2D eigenvalue weighted by molar-refractivity contribution is -0.160. The molecule has 2 N–H and O–H groups in total. The van der Waals surface area contributed by atoms with Crippen molar-refractivity contribution in [3.63, 3.8) is 0 Å². The predicted octanol–water partition coefficient (Wildman–Crippen LogP) is 8.39. The van der Waals surface area contributed by atoms with E-state index in [1.165, 1.54) is 12.1 Å². The fourth-order valence-corrected chi connectivity index (χ4v) is 6.01. The highest BCUT2D eigenvalue weighted by molar-refractivity contribution is 5.92. The van der Waals surface area contributed by atoms with E-state index in [9.17, 15) is 14.3 Å². The first kappa shape index (κ1) is 34.8. The number of aliphatic carboxylic acids is 1. The van der Waals surface area contributed by atoms with Crippen molar-refractivity contribution in [3.8, 4) is 16.9 Å². The smallest absolute Gasteiger partial charge is 0.337 e. The van der Waals surface area contributed by atoms with Crippen LogP contribution in [-0.4, -0.2) is 46.3 Å². The number of hydrogen-bond acceptors (Lipinski definition) is 7. The first-order valence-electron chi connectivity index (χ1n) is 16.6. The second kappa shape index (κ2) is 14.7. The van der Waals surface area contributed by atoms with Gasteiger partial charge in [-0.3, -0.25) is 4.98 Å². The minimum atomic E-state index is -1.22. The number of piperidine rings is 1. The van der Waals surface area contributed by atoms with E-state index >= 15 is 0 Å². The molecule has 0 bridgehead atoms. The number of nitrogens with one attached hydrogen (secondary N) is 1. The molecule has 9 heteroatoms. The summed E-state index contributed by atoms with van der Waals surface area (Å²) in [4.78, 5) is 24.6. The predicted molar refractivity (Wildman–Crippen MR) is 188 cm³/mol. The monoisotopic (exact) mass is 654 g/mol. The van der Waals surface area contributed by atoms with Gasteiger partial charge in [0.25, 0.3) is 0 Å². The summed E-state index contributed by atoms with van der Waals surface area (Å²) in [5.74, 6) is 0.0440. The Balaban J connectivity index is 1.59. The number of aromatic nitrogens is 2. The number of ether oxygens (including phenoxy) is 2. The zero-order valence-corrected chi connectivity index (χ0v) is 28.8. The molecule has 48 heavy (non-hydrogen) atoms. The number of aryl methyl sites for hydroxylation is 1. The van der Waals surface area contributed by atoms with E-state index in [1.54, 1.807) is 18.3 Å². The van der Waals surface area contributed by atoms with E-state index in [1.807, 2.05) is 70.3 Å². The Labute approximate surface area is 283 Å². The second-order valence-electron chi connectivity index (χ2n) is 14.2. The highest BCUT2D eigenvalue weighted by Crippen LogP contribution is 2.46. The summed E-state index contributed by atoms with van der Waals surface area (Å²) >= 11 is 0. The minimum Gasteiger partial charge on any atom is -0.493 e. The zero-order valence-electron chi connectivity index (χ0n) is 28.8. The Kier molecular flexibility index (Phi) is 10.7. The molecule has 3 heterocycles. The minimum absolute atomic E-state index is 0.182.